The summed E-state index contributed by atoms with van der Waals surface area (Å²) in [5.74, 6) is 2.79. The molecule has 0 aromatic carbocycles. The summed E-state index contributed by atoms with van der Waals surface area (Å²) in [6, 6.07) is 0.465. The molecule has 0 amide bonds. The average Bonchev–Trinajstić information content (AvgIpc) is 2.75. The van der Waals surface area contributed by atoms with Gasteiger partial charge >= 0.3 is 0 Å². The maximum absolute atomic E-state index is 4.82. The zero-order chi connectivity index (χ0) is 15.6. The quantitative estimate of drug-likeness (QED) is 0.904. The van der Waals surface area contributed by atoms with Crippen LogP contribution in [0.3, 0.4) is 0 Å². The third kappa shape index (κ3) is 3.94. The normalized spacial score (nSPS) is 22.6. The second kappa shape index (κ2) is 6.73. The van der Waals surface area contributed by atoms with E-state index in [4.69, 9.17) is 4.98 Å². The molecule has 0 aliphatic carbocycles. The van der Waals surface area contributed by atoms with Crippen molar-refractivity contribution in [1.29, 1.82) is 0 Å². The van der Waals surface area contributed by atoms with Crippen molar-refractivity contribution in [2.24, 2.45) is 11.8 Å². The number of nitrogens with one attached hydrogen (secondary N) is 1. The minimum atomic E-state index is 0.369. The van der Waals surface area contributed by atoms with Crippen LogP contribution in [0.15, 0.2) is 6.20 Å². The predicted octanol–water partition coefficient (Wildman–Crippen LogP) is 3.19. The molecule has 2 atom stereocenters. The van der Waals surface area contributed by atoms with Crippen LogP contribution < -0.4 is 10.2 Å². The maximum atomic E-state index is 4.82. The fourth-order valence-electron chi connectivity index (χ4n) is 2.73. The van der Waals surface area contributed by atoms with Crippen LogP contribution >= 0.6 is 0 Å². The van der Waals surface area contributed by atoms with Crippen molar-refractivity contribution in [2.45, 2.75) is 60.0 Å². The molecule has 1 N–H and O–H groups in total. The number of anilines is 1. The Bertz CT molecular complexity index is 460. The van der Waals surface area contributed by atoms with Crippen LogP contribution in [0.25, 0.3) is 0 Å². The van der Waals surface area contributed by atoms with Gasteiger partial charge in [0.15, 0.2) is 0 Å². The summed E-state index contributed by atoms with van der Waals surface area (Å²) in [6.45, 7) is 16.3. The molecule has 118 valence electrons. The lowest BCUT2D eigenvalue weighted by molar-refractivity contribution is 0.494. The summed E-state index contributed by atoms with van der Waals surface area (Å²) in [4.78, 5) is 11.9. The number of aromatic nitrogens is 2. The molecule has 1 aliphatic heterocycles. The highest BCUT2D eigenvalue weighted by molar-refractivity contribution is 5.50. The van der Waals surface area contributed by atoms with Gasteiger partial charge in [-0.3, -0.25) is 0 Å². The van der Waals surface area contributed by atoms with E-state index in [2.05, 4.69) is 56.7 Å². The Hall–Kier alpha value is -1.16. The van der Waals surface area contributed by atoms with Gasteiger partial charge in [0.25, 0.3) is 0 Å². The van der Waals surface area contributed by atoms with Crippen molar-refractivity contribution in [1.82, 2.24) is 15.3 Å². The Morgan fingerprint density at radius 2 is 1.81 bits per heavy atom. The molecule has 21 heavy (non-hydrogen) atoms. The minimum Gasteiger partial charge on any atom is -0.368 e. The minimum absolute atomic E-state index is 0.369. The molecule has 0 spiro atoms. The highest BCUT2D eigenvalue weighted by atomic mass is 15.2. The first kappa shape index (κ1) is 16.2. The fraction of sp³-hybridized carbons (Fsp3) is 0.765. The standard InChI is InChI=1S/C17H30N4/c1-11(2)17-19-8-16(15(20-17)7-18-12(3)4)21-9-13(5)14(6)10-21/h8,11-14,18H,7,9-10H2,1-6H3. The lowest BCUT2D eigenvalue weighted by atomic mass is 10.0. The van der Waals surface area contributed by atoms with Crippen molar-refractivity contribution in [2.75, 3.05) is 18.0 Å². The van der Waals surface area contributed by atoms with Gasteiger partial charge in [0.1, 0.15) is 5.82 Å². The van der Waals surface area contributed by atoms with E-state index in [1.807, 2.05) is 6.20 Å². The Morgan fingerprint density at radius 1 is 1.19 bits per heavy atom. The van der Waals surface area contributed by atoms with Gasteiger partial charge in [-0.25, -0.2) is 9.97 Å². The first-order valence-electron chi connectivity index (χ1n) is 8.22. The largest absolute Gasteiger partial charge is 0.368 e. The van der Waals surface area contributed by atoms with Gasteiger partial charge in [-0.1, -0.05) is 41.5 Å². The Labute approximate surface area is 129 Å². The van der Waals surface area contributed by atoms with E-state index < -0.39 is 0 Å². The summed E-state index contributed by atoms with van der Waals surface area (Å²) < 4.78 is 0. The van der Waals surface area contributed by atoms with Crippen LogP contribution in [0, 0.1) is 11.8 Å². The van der Waals surface area contributed by atoms with E-state index >= 15 is 0 Å². The SMILES string of the molecule is CC(C)NCc1nc(C(C)C)ncc1N1CC(C)C(C)C1. The summed E-state index contributed by atoms with van der Waals surface area (Å²) in [7, 11) is 0. The monoisotopic (exact) mass is 290 g/mol. The predicted molar refractivity (Wildman–Crippen MR) is 88.6 cm³/mol. The molecular weight excluding hydrogens is 260 g/mol. The molecule has 4 heteroatoms. The lowest BCUT2D eigenvalue weighted by Crippen LogP contribution is -2.27. The van der Waals surface area contributed by atoms with Crippen molar-refractivity contribution in [3.63, 3.8) is 0 Å². The highest BCUT2D eigenvalue weighted by Gasteiger charge is 2.28. The molecule has 1 aromatic heterocycles. The molecule has 0 radical (unpaired) electrons. The summed E-state index contributed by atoms with van der Waals surface area (Å²) in [5.41, 5.74) is 2.35. The second-order valence-electron chi connectivity index (χ2n) is 7.11. The third-order valence-corrected chi connectivity index (χ3v) is 4.39. The van der Waals surface area contributed by atoms with E-state index in [-0.39, 0.29) is 0 Å². The number of nitrogens with zero attached hydrogens (tertiary/aromatic N) is 3. The van der Waals surface area contributed by atoms with E-state index in [9.17, 15) is 0 Å². The molecule has 0 saturated carbocycles. The molecular formula is C17H30N4. The Balaban J connectivity index is 2.26. The fourth-order valence-corrected chi connectivity index (χ4v) is 2.73. The number of rotatable bonds is 5. The third-order valence-electron chi connectivity index (χ3n) is 4.39. The van der Waals surface area contributed by atoms with Gasteiger partial charge in [-0.15, -0.1) is 0 Å². The van der Waals surface area contributed by atoms with Crippen molar-refractivity contribution in [3.05, 3.63) is 17.7 Å². The van der Waals surface area contributed by atoms with E-state index in [1.54, 1.807) is 0 Å². The zero-order valence-electron chi connectivity index (χ0n) is 14.3. The lowest BCUT2D eigenvalue weighted by Gasteiger charge is -2.22. The number of hydrogen-bond donors (Lipinski definition) is 1. The summed E-state index contributed by atoms with van der Waals surface area (Å²) in [5, 5.41) is 3.50. The smallest absolute Gasteiger partial charge is 0.131 e. The van der Waals surface area contributed by atoms with Crippen molar-refractivity contribution in [3.8, 4) is 0 Å². The Kier molecular flexibility index (Phi) is 5.20. The first-order chi connectivity index (χ1) is 9.88. The van der Waals surface area contributed by atoms with Crippen LogP contribution in [-0.4, -0.2) is 29.1 Å². The molecule has 0 bridgehead atoms. The van der Waals surface area contributed by atoms with Crippen LogP contribution in [0.4, 0.5) is 5.69 Å². The van der Waals surface area contributed by atoms with Gasteiger partial charge in [0.2, 0.25) is 0 Å². The molecule has 2 unspecified atom stereocenters. The van der Waals surface area contributed by atoms with E-state index in [1.165, 1.54) is 5.69 Å². The van der Waals surface area contributed by atoms with Crippen LogP contribution in [0.2, 0.25) is 0 Å². The second-order valence-corrected chi connectivity index (χ2v) is 7.11. The molecule has 2 heterocycles. The Morgan fingerprint density at radius 3 is 2.33 bits per heavy atom. The highest BCUT2D eigenvalue weighted by Crippen LogP contribution is 2.29. The van der Waals surface area contributed by atoms with E-state index in [0.29, 0.717) is 12.0 Å². The molecule has 2 rings (SSSR count). The van der Waals surface area contributed by atoms with Gasteiger partial charge in [-0.05, 0) is 11.8 Å². The zero-order valence-corrected chi connectivity index (χ0v) is 14.3. The summed E-state index contributed by atoms with van der Waals surface area (Å²) in [6.07, 6.45) is 2.03. The molecule has 1 fully saturated rings. The topological polar surface area (TPSA) is 41.1 Å². The van der Waals surface area contributed by atoms with Gasteiger partial charge < -0.3 is 10.2 Å². The first-order valence-corrected chi connectivity index (χ1v) is 8.22. The van der Waals surface area contributed by atoms with Gasteiger partial charge in [-0.2, -0.15) is 0 Å². The summed E-state index contributed by atoms with van der Waals surface area (Å²) >= 11 is 0. The van der Waals surface area contributed by atoms with Crippen molar-refractivity contribution < 1.29 is 0 Å². The van der Waals surface area contributed by atoms with Gasteiger partial charge in [0.05, 0.1) is 17.6 Å². The van der Waals surface area contributed by atoms with Crippen LogP contribution in [-0.2, 0) is 6.54 Å². The van der Waals surface area contributed by atoms with Crippen molar-refractivity contribution >= 4 is 5.69 Å². The molecule has 1 aliphatic rings. The molecule has 4 nitrogen and oxygen atoms in total. The average molecular weight is 290 g/mol. The van der Waals surface area contributed by atoms with Crippen LogP contribution in [0.1, 0.15) is 59.0 Å². The molecule has 1 aromatic rings. The van der Waals surface area contributed by atoms with E-state index in [0.717, 1.165) is 43.0 Å². The molecule has 1 saturated heterocycles. The van der Waals surface area contributed by atoms with Gasteiger partial charge in [0, 0.05) is 31.6 Å². The van der Waals surface area contributed by atoms with Crippen LogP contribution in [0.5, 0.6) is 0 Å². The maximum Gasteiger partial charge on any atom is 0.131 e. The number of hydrogen-bond acceptors (Lipinski definition) is 4.